The lowest BCUT2D eigenvalue weighted by molar-refractivity contribution is -0.143. The van der Waals surface area contributed by atoms with E-state index < -0.39 is 11.9 Å². The predicted molar refractivity (Wildman–Crippen MR) is 76.3 cm³/mol. The number of ketones is 1. The van der Waals surface area contributed by atoms with E-state index in [9.17, 15) is 14.4 Å². The number of hydrogen-bond donors (Lipinski definition) is 1. The summed E-state index contributed by atoms with van der Waals surface area (Å²) in [6.07, 6.45) is 2.89. The topological polar surface area (TPSA) is 79.6 Å². The number of carboxylic acid groups (broad SMARTS) is 1. The molecular weight excluding hydrogens is 272 g/mol. The second-order valence-corrected chi connectivity index (χ2v) is 5.70. The van der Waals surface area contributed by atoms with Crippen LogP contribution in [0.5, 0.6) is 0 Å². The number of Topliss-reactive ketones (excluding diaryl/α,β-unsaturated/α-hetero) is 1. The third kappa shape index (κ3) is 2.99. The number of carboxylic acids is 1. The highest BCUT2D eigenvalue weighted by atomic mass is 16.4. The number of nitrogens with zero attached hydrogens (tertiary/aromatic N) is 2. The van der Waals surface area contributed by atoms with Gasteiger partial charge in [-0.2, -0.15) is 0 Å². The van der Waals surface area contributed by atoms with Crippen LogP contribution in [0.1, 0.15) is 47.5 Å². The number of rotatable bonds is 3. The molecule has 2 heterocycles. The summed E-state index contributed by atoms with van der Waals surface area (Å²) in [5.74, 6) is -1.70. The lowest BCUT2D eigenvalue weighted by atomic mass is 9.93. The molecular formula is C15H20N2O4. The Balaban J connectivity index is 2.25. The average Bonchev–Trinajstić information content (AvgIpc) is 2.80. The largest absolute Gasteiger partial charge is 0.481 e. The van der Waals surface area contributed by atoms with E-state index in [4.69, 9.17) is 5.11 Å². The van der Waals surface area contributed by atoms with Crippen molar-refractivity contribution in [3.05, 3.63) is 23.5 Å². The van der Waals surface area contributed by atoms with Crippen LogP contribution in [-0.2, 0) is 11.8 Å². The van der Waals surface area contributed by atoms with Crippen molar-refractivity contribution in [2.24, 2.45) is 13.0 Å². The summed E-state index contributed by atoms with van der Waals surface area (Å²) in [6.45, 7) is 3.59. The summed E-state index contributed by atoms with van der Waals surface area (Å²) >= 11 is 0. The lowest BCUT2D eigenvalue weighted by Gasteiger charge is -2.36. The molecule has 0 aromatic carbocycles. The van der Waals surface area contributed by atoms with Gasteiger partial charge in [-0.05, 0) is 32.8 Å². The maximum absolute atomic E-state index is 12.6. The normalized spacial score (nSPS) is 22.1. The Morgan fingerprint density at radius 2 is 1.95 bits per heavy atom. The number of piperidine rings is 1. The summed E-state index contributed by atoms with van der Waals surface area (Å²) in [7, 11) is 1.71. The van der Waals surface area contributed by atoms with Crippen molar-refractivity contribution in [2.45, 2.75) is 32.7 Å². The first-order valence-corrected chi connectivity index (χ1v) is 7.02. The molecule has 1 aromatic heterocycles. The average molecular weight is 292 g/mol. The minimum absolute atomic E-state index is 0.00350. The van der Waals surface area contributed by atoms with Gasteiger partial charge in [-0.15, -0.1) is 0 Å². The Hall–Kier alpha value is -2.11. The molecule has 1 aromatic rings. The SMILES string of the molecule is CC(=O)c1cc(C(=O)N2CC(C(=O)O)CCC2C)n(C)c1. The molecule has 1 amide bonds. The molecule has 0 aliphatic carbocycles. The Labute approximate surface area is 123 Å². The molecule has 2 atom stereocenters. The molecule has 1 N–H and O–H groups in total. The third-order valence-corrected chi connectivity index (χ3v) is 4.12. The molecule has 1 aliphatic heterocycles. The van der Waals surface area contributed by atoms with E-state index in [1.807, 2.05) is 6.92 Å². The van der Waals surface area contributed by atoms with Crippen molar-refractivity contribution in [1.82, 2.24) is 9.47 Å². The fraction of sp³-hybridized carbons (Fsp3) is 0.533. The standard InChI is InChI=1S/C15H20N2O4/c1-9-4-5-11(15(20)21)8-17(9)14(19)13-6-12(10(2)18)7-16(13)3/h6-7,9,11H,4-5,8H2,1-3H3,(H,20,21). The number of carbonyl (C=O) groups excluding carboxylic acids is 2. The first-order chi connectivity index (χ1) is 9.81. The van der Waals surface area contributed by atoms with Gasteiger partial charge in [0.1, 0.15) is 5.69 Å². The van der Waals surface area contributed by atoms with Crippen molar-refractivity contribution in [3.63, 3.8) is 0 Å². The number of carbonyl (C=O) groups is 3. The van der Waals surface area contributed by atoms with Gasteiger partial charge in [0.2, 0.25) is 0 Å². The second-order valence-electron chi connectivity index (χ2n) is 5.70. The summed E-state index contributed by atoms with van der Waals surface area (Å²) in [5, 5.41) is 9.14. The quantitative estimate of drug-likeness (QED) is 0.857. The first-order valence-electron chi connectivity index (χ1n) is 7.02. The summed E-state index contributed by atoms with van der Waals surface area (Å²) in [5.41, 5.74) is 0.901. The van der Waals surface area contributed by atoms with Crippen LogP contribution in [0.15, 0.2) is 12.3 Å². The highest BCUT2D eigenvalue weighted by Crippen LogP contribution is 2.24. The monoisotopic (exact) mass is 292 g/mol. The van der Waals surface area contributed by atoms with Gasteiger partial charge in [0.05, 0.1) is 5.92 Å². The zero-order chi connectivity index (χ0) is 15.7. The Morgan fingerprint density at radius 3 is 2.48 bits per heavy atom. The van der Waals surface area contributed by atoms with E-state index in [1.54, 1.807) is 28.8 Å². The summed E-state index contributed by atoms with van der Waals surface area (Å²) in [6, 6.07) is 1.57. The Morgan fingerprint density at radius 1 is 1.29 bits per heavy atom. The molecule has 114 valence electrons. The van der Waals surface area contributed by atoms with Crippen LogP contribution in [-0.4, -0.2) is 44.8 Å². The zero-order valence-corrected chi connectivity index (χ0v) is 12.5. The number of aryl methyl sites for hydroxylation is 1. The predicted octanol–water partition coefficient (Wildman–Crippen LogP) is 1.55. The molecule has 0 radical (unpaired) electrons. The highest BCUT2D eigenvalue weighted by molar-refractivity contribution is 5.99. The molecule has 0 saturated carbocycles. The molecule has 21 heavy (non-hydrogen) atoms. The third-order valence-electron chi connectivity index (χ3n) is 4.12. The number of amides is 1. The minimum Gasteiger partial charge on any atom is -0.481 e. The smallest absolute Gasteiger partial charge is 0.308 e. The van der Waals surface area contributed by atoms with Crippen LogP contribution < -0.4 is 0 Å². The molecule has 1 fully saturated rings. The van der Waals surface area contributed by atoms with Crippen LogP contribution in [0.4, 0.5) is 0 Å². The van der Waals surface area contributed by atoms with Gasteiger partial charge in [0.15, 0.2) is 5.78 Å². The number of aliphatic carboxylic acids is 1. The van der Waals surface area contributed by atoms with Crippen molar-refractivity contribution >= 4 is 17.7 Å². The van der Waals surface area contributed by atoms with Crippen LogP contribution in [0.2, 0.25) is 0 Å². The number of likely N-dealkylation sites (tertiary alicyclic amines) is 1. The fourth-order valence-corrected chi connectivity index (χ4v) is 2.71. The Bertz CT molecular complexity index is 590. The second kappa shape index (κ2) is 5.71. The van der Waals surface area contributed by atoms with Crippen molar-refractivity contribution in [2.75, 3.05) is 6.54 Å². The van der Waals surface area contributed by atoms with Crippen molar-refractivity contribution in [1.29, 1.82) is 0 Å². The van der Waals surface area contributed by atoms with Crippen LogP contribution >= 0.6 is 0 Å². The van der Waals surface area contributed by atoms with E-state index in [1.165, 1.54) is 6.92 Å². The fourth-order valence-electron chi connectivity index (χ4n) is 2.71. The van der Waals surface area contributed by atoms with Crippen molar-refractivity contribution < 1.29 is 19.5 Å². The number of hydrogen-bond acceptors (Lipinski definition) is 3. The van der Waals surface area contributed by atoms with Gasteiger partial charge in [-0.25, -0.2) is 0 Å². The van der Waals surface area contributed by atoms with E-state index in [0.717, 1.165) is 0 Å². The maximum atomic E-state index is 12.6. The van der Waals surface area contributed by atoms with E-state index in [-0.39, 0.29) is 24.3 Å². The van der Waals surface area contributed by atoms with Gasteiger partial charge >= 0.3 is 5.97 Å². The number of aromatic nitrogens is 1. The van der Waals surface area contributed by atoms with E-state index in [2.05, 4.69) is 0 Å². The maximum Gasteiger partial charge on any atom is 0.308 e. The highest BCUT2D eigenvalue weighted by Gasteiger charge is 2.33. The minimum atomic E-state index is -0.865. The van der Waals surface area contributed by atoms with Gasteiger partial charge in [-0.1, -0.05) is 0 Å². The molecule has 6 nitrogen and oxygen atoms in total. The van der Waals surface area contributed by atoms with Gasteiger partial charge in [0, 0.05) is 31.4 Å². The molecule has 0 bridgehead atoms. The summed E-state index contributed by atoms with van der Waals surface area (Å²) in [4.78, 5) is 36.8. The van der Waals surface area contributed by atoms with Gasteiger partial charge in [0.25, 0.3) is 5.91 Å². The molecule has 1 aliphatic rings. The van der Waals surface area contributed by atoms with E-state index in [0.29, 0.717) is 24.1 Å². The molecule has 6 heteroatoms. The van der Waals surface area contributed by atoms with Crippen molar-refractivity contribution in [3.8, 4) is 0 Å². The lowest BCUT2D eigenvalue weighted by Crippen LogP contribution is -2.47. The molecule has 2 rings (SSSR count). The molecule has 1 saturated heterocycles. The zero-order valence-electron chi connectivity index (χ0n) is 12.5. The Kier molecular flexibility index (Phi) is 4.16. The van der Waals surface area contributed by atoms with E-state index >= 15 is 0 Å². The van der Waals surface area contributed by atoms with Gasteiger partial charge in [-0.3, -0.25) is 14.4 Å². The first kappa shape index (κ1) is 15.3. The van der Waals surface area contributed by atoms with Crippen LogP contribution in [0.3, 0.4) is 0 Å². The van der Waals surface area contributed by atoms with Crippen LogP contribution in [0, 0.1) is 5.92 Å². The van der Waals surface area contributed by atoms with Gasteiger partial charge < -0.3 is 14.6 Å². The van der Waals surface area contributed by atoms with Crippen LogP contribution in [0.25, 0.3) is 0 Å². The molecule has 2 unspecified atom stereocenters. The summed E-state index contributed by atoms with van der Waals surface area (Å²) < 4.78 is 1.62. The molecule has 0 spiro atoms.